The van der Waals surface area contributed by atoms with Crippen LogP contribution in [-0.4, -0.2) is 25.4 Å². The lowest BCUT2D eigenvalue weighted by Crippen LogP contribution is -2.10. The molecule has 3 aromatic rings. The van der Waals surface area contributed by atoms with E-state index in [1.807, 2.05) is 52.0 Å². The van der Waals surface area contributed by atoms with E-state index < -0.39 is 10.0 Å². The Bertz CT molecular complexity index is 1310. The lowest BCUT2D eigenvalue weighted by Gasteiger charge is -2.14. The molecule has 3 rings (SSSR count). The molecule has 1 unspecified atom stereocenters. The molecule has 31 heavy (non-hydrogen) atoms. The molecule has 0 spiro atoms. The fourth-order valence-electron chi connectivity index (χ4n) is 3.73. The molecule has 160 valence electrons. The summed E-state index contributed by atoms with van der Waals surface area (Å²) in [6, 6.07) is 14.7. The molecule has 7 heteroatoms. The van der Waals surface area contributed by atoms with E-state index in [-0.39, 0.29) is 11.7 Å². The highest BCUT2D eigenvalue weighted by molar-refractivity contribution is 7.92. The second kappa shape index (κ2) is 8.40. The van der Waals surface area contributed by atoms with Gasteiger partial charge in [-0.25, -0.2) is 8.42 Å². The van der Waals surface area contributed by atoms with E-state index in [1.54, 1.807) is 12.1 Å². The Hall–Kier alpha value is -3.37. The van der Waals surface area contributed by atoms with E-state index in [1.165, 1.54) is 6.07 Å². The van der Waals surface area contributed by atoms with Crippen molar-refractivity contribution in [1.82, 2.24) is 4.98 Å². The quantitative estimate of drug-likeness (QED) is 0.554. The van der Waals surface area contributed by atoms with Crippen molar-refractivity contribution in [3.8, 4) is 6.07 Å². The van der Waals surface area contributed by atoms with Crippen molar-refractivity contribution in [3.05, 3.63) is 87.2 Å². The average Bonchev–Trinajstić information content (AvgIpc) is 3.07. The van der Waals surface area contributed by atoms with Crippen LogP contribution in [0.3, 0.4) is 0 Å². The predicted octanol–water partition coefficient (Wildman–Crippen LogP) is 4.57. The maximum atomic E-state index is 13.1. The number of aromatic amines is 1. The number of ketones is 1. The predicted molar refractivity (Wildman–Crippen MR) is 122 cm³/mol. The zero-order valence-corrected chi connectivity index (χ0v) is 19.0. The van der Waals surface area contributed by atoms with Gasteiger partial charge in [-0.1, -0.05) is 36.8 Å². The van der Waals surface area contributed by atoms with Crippen LogP contribution in [0.4, 0.5) is 5.69 Å². The van der Waals surface area contributed by atoms with Gasteiger partial charge in [0.05, 0.1) is 23.6 Å². The molecule has 0 aliphatic rings. The van der Waals surface area contributed by atoms with Crippen molar-refractivity contribution in [2.45, 2.75) is 33.6 Å². The maximum absolute atomic E-state index is 13.1. The van der Waals surface area contributed by atoms with Crippen LogP contribution < -0.4 is 4.72 Å². The number of nitrogens with zero attached hydrogens (tertiary/aromatic N) is 1. The van der Waals surface area contributed by atoms with Gasteiger partial charge in [0.1, 0.15) is 0 Å². The van der Waals surface area contributed by atoms with Crippen molar-refractivity contribution >= 4 is 21.5 Å². The smallest absolute Gasteiger partial charge is 0.229 e. The van der Waals surface area contributed by atoms with Gasteiger partial charge in [-0.05, 0) is 55.7 Å². The third-order valence-corrected chi connectivity index (χ3v) is 5.91. The summed E-state index contributed by atoms with van der Waals surface area (Å²) in [4.78, 5) is 16.4. The largest absolute Gasteiger partial charge is 0.355 e. The first-order valence-corrected chi connectivity index (χ1v) is 11.7. The minimum absolute atomic E-state index is 0.0679. The molecule has 0 fully saturated rings. The summed E-state index contributed by atoms with van der Waals surface area (Å²) in [5.74, 6) is -0.261. The summed E-state index contributed by atoms with van der Waals surface area (Å²) < 4.78 is 25.3. The number of carbonyl (C=O) groups excluding carboxylic acids is 1. The maximum Gasteiger partial charge on any atom is 0.229 e. The number of aromatic nitrogens is 1. The standard InChI is InChI=1S/C24H25N3O3S/c1-14-6-8-20(15(2)10-14)24(28)23-16(3)11-22(26-23)17(4)21-9-7-19(12-18(21)13-25)27-31(5,29)30/h6-12,17,26-27H,1-5H3. The van der Waals surface area contributed by atoms with E-state index in [0.29, 0.717) is 22.5 Å². The number of rotatable bonds is 6. The van der Waals surface area contributed by atoms with Crippen LogP contribution in [0, 0.1) is 32.1 Å². The summed E-state index contributed by atoms with van der Waals surface area (Å²) in [6.07, 6.45) is 1.06. The van der Waals surface area contributed by atoms with Crippen molar-refractivity contribution in [1.29, 1.82) is 5.26 Å². The van der Waals surface area contributed by atoms with Gasteiger partial charge in [0.2, 0.25) is 15.8 Å². The van der Waals surface area contributed by atoms with Crippen LogP contribution in [0.15, 0.2) is 42.5 Å². The SMILES string of the molecule is Cc1ccc(C(=O)c2[nH]c(C(C)c3ccc(NS(C)(=O)=O)cc3C#N)cc2C)c(C)c1. The molecule has 0 bridgehead atoms. The van der Waals surface area contributed by atoms with Gasteiger partial charge in [0, 0.05) is 22.9 Å². The molecule has 0 aliphatic carbocycles. The Balaban J connectivity index is 1.96. The average molecular weight is 436 g/mol. The van der Waals surface area contributed by atoms with Crippen molar-refractivity contribution < 1.29 is 13.2 Å². The number of nitriles is 1. The second-order valence-corrected chi connectivity index (χ2v) is 9.69. The Morgan fingerprint density at radius 3 is 2.39 bits per heavy atom. The van der Waals surface area contributed by atoms with Gasteiger partial charge in [-0.3, -0.25) is 9.52 Å². The van der Waals surface area contributed by atoms with Gasteiger partial charge in [-0.15, -0.1) is 0 Å². The Morgan fingerprint density at radius 2 is 1.77 bits per heavy atom. The Labute approximate surface area is 183 Å². The number of hydrogen-bond acceptors (Lipinski definition) is 4. The highest BCUT2D eigenvalue weighted by Crippen LogP contribution is 2.30. The van der Waals surface area contributed by atoms with E-state index in [0.717, 1.165) is 34.2 Å². The fraction of sp³-hybridized carbons (Fsp3) is 0.250. The Kier molecular flexibility index (Phi) is 6.05. The summed E-state index contributed by atoms with van der Waals surface area (Å²) in [5, 5.41) is 9.60. The Morgan fingerprint density at radius 1 is 1.06 bits per heavy atom. The zero-order valence-electron chi connectivity index (χ0n) is 18.2. The highest BCUT2D eigenvalue weighted by atomic mass is 32.2. The lowest BCUT2D eigenvalue weighted by molar-refractivity contribution is 0.103. The molecule has 0 amide bonds. The first kappa shape index (κ1) is 22.3. The minimum atomic E-state index is -3.43. The number of nitrogens with one attached hydrogen (secondary N) is 2. The number of aryl methyl sites for hydroxylation is 3. The number of hydrogen-bond donors (Lipinski definition) is 2. The summed E-state index contributed by atoms with van der Waals surface area (Å²) in [5.41, 5.74) is 6.31. The molecule has 2 aromatic carbocycles. The molecule has 0 saturated carbocycles. The molecule has 2 N–H and O–H groups in total. The van der Waals surface area contributed by atoms with Crippen LogP contribution in [0.25, 0.3) is 0 Å². The molecule has 1 atom stereocenters. The van der Waals surface area contributed by atoms with Crippen LogP contribution in [-0.2, 0) is 10.0 Å². The second-order valence-electron chi connectivity index (χ2n) is 7.94. The molecular formula is C24H25N3O3S. The monoisotopic (exact) mass is 435 g/mol. The van der Waals surface area contributed by atoms with Crippen LogP contribution in [0.1, 0.15) is 62.4 Å². The van der Waals surface area contributed by atoms with E-state index >= 15 is 0 Å². The van der Waals surface area contributed by atoms with Crippen molar-refractivity contribution in [2.75, 3.05) is 11.0 Å². The van der Waals surface area contributed by atoms with Crippen LogP contribution >= 0.6 is 0 Å². The molecule has 1 aromatic heterocycles. The highest BCUT2D eigenvalue weighted by Gasteiger charge is 2.21. The number of anilines is 1. The van der Waals surface area contributed by atoms with Gasteiger partial charge in [0.25, 0.3) is 0 Å². The summed E-state index contributed by atoms with van der Waals surface area (Å²) in [6.45, 7) is 7.74. The van der Waals surface area contributed by atoms with Crippen molar-refractivity contribution in [3.63, 3.8) is 0 Å². The lowest BCUT2D eigenvalue weighted by atomic mass is 9.93. The number of sulfonamides is 1. The third kappa shape index (κ3) is 4.86. The summed E-state index contributed by atoms with van der Waals surface area (Å²) >= 11 is 0. The molecule has 0 saturated heterocycles. The molecule has 0 radical (unpaired) electrons. The van der Waals surface area contributed by atoms with Crippen LogP contribution in [0.5, 0.6) is 0 Å². The first-order valence-electron chi connectivity index (χ1n) is 9.83. The minimum Gasteiger partial charge on any atom is -0.355 e. The normalized spacial score (nSPS) is 12.3. The van der Waals surface area contributed by atoms with E-state index in [4.69, 9.17) is 0 Å². The first-order chi connectivity index (χ1) is 14.5. The van der Waals surface area contributed by atoms with Gasteiger partial charge < -0.3 is 4.98 Å². The topological polar surface area (TPSA) is 103 Å². The molecule has 1 heterocycles. The molecular weight excluding hydrogens is 410 g/mol. The van der Waals surface area contributed by atoms with Crippen LogP contribution in [0.2, 0.25) is 0 Å². The zero-order chi connectivity index (χ0) is 22.9. The van der Waals surface area contributed by atoms with E-state index in [2.05, 4.69) is 15.8 Å². The van der Waals surface area contributed by atoms with Gasteiger partial charge >= 0.3 is 0 Å². The number of benzene rings is 2. The fourth-order valence-corrected chi connectivity index (χ4v) is 4.29. The van der Waals surface area contributed by atoms with Crippen molar-refractivity contribution in [2.24, 2.45) is 0 Å². The van der Waals surface area contributed by atoms with Gasteiger partial charge in [0.15, 0.2) is 0 Å². The summed E-state index contributed by atoms with van der Waals surface area (Å²) in [7, 11) is -3.43. The van der Waals surface area contributed by atoms with Gasteiger partial charge in [-0.2, -0.15) is 5.26 Å². The molecule has 0 aliphatic heterocycles. The number of H-pyrrole nitrogens is 1. The van der Waals surface area contributed by atoms with E-state index in [9.17, 15) is 18.5 Å². The third-order valence-electron chi connectivity index (χ3n) is 5.30. The molecule has 6 nitrogen and oxygen atoms in total. The number of carbonyl (C=O) groups is 1.